The number of hydrogen-bond donors (Lipinski definition) is 1. The Balaban J connectivity index is 1.49. The summed E-state index contributed by atoms with van der Waals surface area (Å²) >= 11 is 1.95. The van der Waals surface area contributed by atoms with E-state index in [-0.39, 0.29) is 11.5 Å². The average Bonchev–Trinajstić information content (AvgIpc) is 3.14. The van der Waals surface area contributed by atoms with Crippen molar-refractivity contribution >= 4 is 11.3 Å². The molecule has 0 aliphatic heterocycles. The average molecular weight is 373 g/mol. The molecule has 2 aliphatic rings. The van der Waals surface area contributed by atoms with Crippen molar-refractivity contribution in [2.45, 2.75) is 91.1 Å². The number of aryl methyl sites for hydroxylation is 2. The summed E-state index contributed by atoms with van der Waals surface area (Å²) in [6.45, 7) is 6.74. The number of aliphatic hydroxyl groups excluding tert-OH is 1. The highest BCUT2D eigenvalue weighted by Gasteiger charge is 2.40. The van der Waals surface area contributed by atoms with Gasteiger partial charge in [0.1, 0.15) is 0 Å². The van der Waals surface area contributed by atoms with Gasteiger partial charge in [-0.2, -0.15) is 0 Å². The molecule has 1 heterocycles. The van der Waals surface area contributed by atoms with E-state index in [1.807, 2.05) is 11.3 Å². The molecule has 1 nitrogen and oxygen atoms in total. The number of rotatable bonds is 9. The standard InChI is InChI=1S/C24H36OS/c1-4-24(16-7-17-24)23(25)11-6-10-22-18(2)12-14-20(22)8-5-9-21-15-13-19(3)26-21/h6,10,13,15,20,23,25H,4-5,7-9,11-12,14,16-17H2,1-3H3/b10-6+/t20-,23?/m0/s1. The molecule has 1 unspecified atom stereocenters. The van der Waals surface area contributed by atoms with E-state index < -0.39 is 0 Å². The molecule has 0 saturated heterocycles. The van der Waals surface area contributed by atoms with E-state index in [4.69, 9.17) is 0 Å². The van der Waals surface area contributed by atoms with E-state index in [2.05, 4.69) is 45.1 Å². The fraction of sp³-hybridized carbons (Fsp3) is 0.667. The molecule has 0 spiro atoms. The van der Waals surface area contributed by atoms with Crippen molar-refractivity contribution in [1.82, 2.24) is 0 Å². The Morgan fingerprint density at radius 1 is 1.31 bits per heavy atom. The van der Waals surface area contributed by atoms with Gasteiger partial charge in [0, 0.05) is 9.75 Å². The van der Waals surface area contributed by atoms with E-state index in [1.54, 1.807) is 11.1 Å². The van der Waals surface area contributed by atoms with Crippen LogP contribution in [-0.4, -0.2) is 11.2 Å². The van der Waals surface area contributed by atoms with Crippen LogP contribution in [0, 0.1) is 18.3 Å². The topological polar surface area (TPSA) is 20.2 Å². The van der Waals surface area contributed by atoms with Crippen molar-refractivity contribution in [2.75, 3.05) is 0 Å². The lowest BCUT2D eigenvalue weighted by Crippen LogP contribution is -2.40. The summed E-state index contributed by atoms with van der Waals surface area (Å²) in [5.74, 6) is 0.730. The number of hydrogen-bond acceptors (Lipinski definition) is 2. The molecule has 2 aliphatic carbocycles. The maximum absolute atomic E-state index is 10.6. The van der Waals surface area contributed by atoms with Crippen LogP contribution in [-0.2, 0) is 6.42 Å². The molecule has 2 heteroatoms. The predicted octanol–water partition coefficient (Wildman–Crippen LogP) is 6.99. The highest BCUT2D eigenvalue weighted by molar-refractivity contribution is 7.11. The van der Waals surface area contributed by atoms with Gasteiger partial charge in [0.05, 0.1) is 6.10 Å². The van der Waals surface area contributed by atoms with E-state index in [1.165, 1.54) is 61.1 Å². The summed E-state index contributed by atoms with van der Waals surface area (Å²) in [5, 5.41) is 10.6. The maximum Gasteiger partial charge on any atom is 0.0630 e. The van der Waals surface area contributed by atoms with Crippen molar-refractivity contribution in [1.29, 1.82) is 0 Å². The van der Waals surface area contributed by atoms with Gasteiger partial charge in [-0.1, -0.05) is 31.1 Å². The molecule has 1 fully saturated rings. The fourth-order valence-electron chi connectivity index (χ4n) is 4.89. The molecule has 3 rings (SSSR count). The molecule has 1 aromatic rings. The summed E-state index contributed by atoms with van der Waals surface area (Å²) in [7, 11) is 0. The third kappa shape index (κ3) is 4.51. The van der Waals surface area contributed by atoms with E-state index in [0.717, 1.165) is 18.8 Å². The van der Waals surface area contributed by atoms with E-state index >= 15 is 0 Å². The van der Waals surface area contributed by atoms with Crippen LogP contribution in [0.4, 0.5) is 0 Å². The summed E-state index contributed by atoms with van der Waals surface area (Å²) in [4.78, 5) is 2.96. The Labute approximate surface area is 164 Å². The molecule has 1 aromatic heterocycles. The van der Waals surface area contributed by atoms with E-state index in [9.17, 15) is 5.11 Å². The van der Waals surface area contributed by atoms with Crippen molar-refractivity contribution in [3.63, 3.8) is 0 Å². The van der Waals surface area contributed by atoms with Crippen LogP contribution in [0.1, 0.15) is 81.4 Å². The molecule has 0 aromatic carbocycles. The first-order valence-electron chi connectivity index (χ1n) is 10.6. The third-order valence-corrected chi connectivity index (χ3v) is 8.05. The minimum Gasteiger partial charge on any atom is -0.392 e. The van der Waals surface area contributed by atoms with Crippen LogP contribution >= 0.6 is 11.3 Å². The SMILES string of the molecule is CCC1(C(O)C/C=C/C2=C(C)CC[C@@H]2CCCc2ccc(C)s2)CCC1. The lowest BCUT2D eigenvalue weighted by Gasteiger charge is -2.45. The van der Waals surface area contributed by atoms with Gasteiger partial charge in [-0.15, -0.1) is 11.3 Å². The van der Waals surface area contributed by atoms with E-state index in [0.29, 0.717) is 0 Å². The number of thiophene rings is 1. The lowest BCUT2D eigenvalue weighted by molar-refractivity contribution is -0.0354. The second-order valence-electron chi connectivity index (χ2n) is 8.60. The van der Waals surface area contributed by atoms with Crippen LogP contribution in [0.15, 0.2) is 35.4 Å². The molecule has 0 amide bonds. The number of allylic oxidation sites excluding steroid dienone is 3. The maximum atomic E-state index is 10.6. The van der Waals surface area contributed by atoms with Gasteiger partial charge in [-0.05, 0) is 101 Å². The summed E-state index contributed by atoms with van der Waals surface area (Å²) in [6, 6.07) is 4.53. The van der Waals surface area contributed by atoms with Crippen LogP contribution in [0.2, 0.25) is 0 Å². The van der Waals surface area contributed by atoms with Gasteiger partial charge in [0.2, 0.25) is 0 Å². The van der Waals surface area contributed by atoms with Gasteiger partial charge < -0.3 is 5.11 Å². The van der Waals surface area contributed by atoms with Crippen LogP contribution in [0.3, 0.4) is 0 Å². The number of aliphatic hydroxyl groups is 1. The highest BCUT2D eigenvalue weighted by atomic mass is 32.1. The second-order valence-corrected chi connectivity index (χ2v) is 9.97. The zero-order chi connectivity index (χ0) is 18.6. The summed E-state index contributed by atoms with van der Waals surface area (Å²) in [6.07, 6.45) is 16.5. The molecule has 0 bridgehead atoms. The first-order valence-corrected chi connectivity index (χ1v) is 11.5. The first-order chi connectivity index (χ1) is 12.5. The van der Waals surface area contributed by atoms with Crippen LogP contribution in [0.5, 0.6) is 0 Å². The largest absolute Gasteiger partial charge is 0.392 e. The Kier molecular flexibility index (Phi) is 6.80. The molecule has 1 saturated carbocycles. The Morgan fingerprint density at radius 2 is 2.12 bits per heavy atom. The van der Waals surface area contributed by atoms with Gasteiger partial charge in [0.15, 0.2) is 0 Å². The van der Waals surface area contributed by atoms with Crippen molar-refractivity contribution in [2.24, 2.45) is 11.3 Å². The monoisotopic (exact) mass is 372 g/mol. The Hall–Kier alpha value is -0.860. The summed E-state index contributed by atoms with van der Waals surface area (Å²) in [5.41, 5.74) is 3.36. The van der Waals surface area contributed by atoms with Gasteiger partial charge in [0.25, 0.3) is 0 Å². The van der Waals surface area contributed by atoms with Crippen molar-refractivity contribution < 1.29 is 5.11 Å². The van der Waals surface area contributed by atoms with Gasteiger partial charge in [-0.3, -0.25) is 0 Å². The van der Waals surface area contributed by atoms with Crippen molar-refractivity contribution in [3.05, 3.63) is 45.2 Å². The first kappa shape index (κ1) is 19.9. The second kappa shape index (κ2) is 8.89. The normalized spacial score (nSPS) is 23.6. The molecule has 26 heavy (non-hydrogen) atoms. The van der Waals surface area contributed by atoms with Crippen molar-refractivity contribution in [3.8, 4) is 0 Å². The van der Waals surface area contributed by atoms with Crippen LogP contribution < -0.4 is 0 Å². The molecular weight excluding hydrogens is 336 g/mol. The van der Waals surface area contributed by atoms with Crippen LogP contribution in [0.25, 0.3) is 0 Å². The highest BCUT2D eigenvalue weighted by Crippen LogP contribution is 2.47. The minimum atomic E-state index is -0.152. The predicted molar refractivity (Wildman–Crippen MR) is 114 cm³/mol. The molecule has 144 valence electrons. The molecule has 2 atom stereocenters. The zero-order valence-corrected chi connectivity index (χ0v) is 17.7. The van der Waals surface area contributed by atoms with Gasteiger partial charge in [-0.25, -0.2) is 0 Å². The molecular formula is C24H36OS. The third-order valence-electron chi connectivity index (χ3n) is 6.99. The Bertz CT molecular complexity index is 641. The minimum absolute atomic E-state index is 0.152. The fourth-order valence-corrected chi connectivity index (χ4v) is 5.82. The smallest absolute Gasteiger partial charge is 0.0630 e. The summed E-state index contributed by atoms with van der Waals surface area (Å²) < 4.78 is 0. The molecule has 0 radical (unpaired) electrons. The molecule has 1 N–H and O–H groups in total. The lowest BCUT2D eigenvalue weighted by atomic mass is 9.63. The Morgan fingerprint density at radius 3 is 2.73 bits per heavy atom. The van der Waals surface area contributed by atoms with Gasteiger partial charge >= 0.3 is 0 Å². The zero-order valence-electron chi connectivity index (χ0n) is 16.9. The quantitative estimate of drug-likeness (QED) is 0.495.